The van der Waals surface area contributed by atoms with Gasteiger partial charge in [-0.3, -0.25) is 14.5 Å². The molecule has 1 aliphatic heterocycles. The molecule has 2 aliphatic rings. The first-order chi connectivity index (χ1) is 14.9. The number of carbonyl (C=O) groups is 1. The largest absolute Gasteiger partial charge is 0.497 e. The number of hydrogen-bond donors (Lipinski definition) is 2. The van der Waals surface area contributed by atoms with Gasteiger partial charge in [0.05, 0.1) is 12.0 Å². The summed E-state index contributed by atoms with van der Waals surface area (Å²) in [6.07, 6.45) is 4.80. The number of rotatable bonds is 6. The topological polar surface area (TPSA) is 96.9 Å². The Morgan fingerprint density at radius 1 is 1.16 bits per heavy atom. The number of amides is 1. The molecule has 0 fully saturated rings. The maximum atomic E-state index is 12.7. The Hall–Kier alpha value is -2.87. The number of nitrogens with one attached hydrogen (secondary N) is 2. The maximum Gasteiger partial charge on any atom is 0.262 e. The van der Waals surface area contributed by atoms with Crippen molar-refractivity contribution >= 4 is 27.5 Å². The number of sulfonamides is 1. The first-order valence-electron chi connectivity index (χ1n) is 10.6. The molecule has 1 aliphatic carbocycles. The van der Waals surface area contributed by atoms with Gasteiger partial charge >= 0.3 is 0 Å². The van der Waals surface area contributed by atoms with E-state index < -0.39 is 10.0 Å². The predicted molar refractivity (Wildman–Crippen MR) is 120 cm³/mol. The van der Waals surface area contributed by atoms with Gasteiger partial charge in [-0.25, -0.2) is 8.42 Å². The molecule has 0 saturated heterocycles. The molecule has 31 heavy (non-hydrogen) atoms. The monoisotopic (exact) mass is 441 g/mol. The van der Waals surface area contributed by atoms with E-state index >= 15 is 0 Å². The first kappa shape index (κ1) is 21.4. The van der Waals surface area contributed by atoms with Gasteiger partial charge in [-0.1, -0.05) is 12.1 Å². The van der Waals surface area contributed by atoms with E-state index in [4.69, 9.17) is 4.74 Å². The highest BCUT2D eigenvalue weighted by atomic mass is 32.2. The molecule has 1 atom stereocenters. The fraction of sp³-hybridized carbons (Fsp3) is 0.391. The molecule has 0 radical (unpaired) electrons. The van der Waals surface area contributed by atoms with E-state index in [0.717, 1.165) is 31.4 Å². The second kappa shape index (κ2) is 9.09. The molecular formula is C23H27N3O4S. The van der Waals surface area contributed by atoms with Gasteiger partial charge in [0, 0.05) is 25.1 Å². The van der Waals surface area contributed by atoms with Crippen LogP contribution in [0.5, 0.6) is 5.75 Å². The molecule has 2 N–H and O–H groups in total. The SMILES string of the molecule is COc1ccc2c(c1)CCCC2CC(=O)Nc1cccc(S(=O)(=O)NC2=NCCC2)c1. The minimum absolute atomic E-state index is 0.106. The lowest BCUT2D eigenvalue weighted by molar-refractivity contribution is -0.116. The van der Waals surface area contributed by atoms with Crippen molar-refractivity contribution in [3.8, 4) is 5.75 Å². The Balaban J connectivity index is 1.43. The Morgan fingerprint density at radius 3 is 2.81 bits per heavy atom. The van der Waals surface area contributed by atoms with Gasteiger partial charge in [0.25, 0.3) is 10.0 Å². The number of methoxy groups -OCH3 is 1. The van der Waals surface area contributed by atoms with Crippen molar-refractivity contribution in [3.63, 3.8) is 0 Å². The van der Waals surface area contributed by atoms with E-state index in [1.807, 2.05) is 6.07 Å². The van der Waals surface area contributed by atoms with E-state index in [9.17, 15) is 13.2 Å². The summed E-state index contributed by atoms with van der Waals surface area (Å²) < 4.78 is 33.1. The van der Waals surface area contributed by atoms with Crippen LogP contribution in [0.25, 0.3) is 0 Å². The van der Waals surface area contributed by atoms with E-state index in [-0.39, 0.29) is 16.7 Å². The van der Waals surface area contributed by atoms with Crippen molar-refractivity contribution in [1.82, 2.24) is 4.72 Å². The summed E-state index contributed by atoms with van der Waals surface area (Å²) in [7, 11) is -2.07. The molecule has 2 aromatic rings. The van der Waals surface area contributed by atoms with E-state index in [2.05, 4.69) is 27.2 Å². The van der Waals surface area contributed by atoms with Crippen molar-refractivity contribution < 1.29 is 17.9 Å². The van der Waals surface area contributed by atoms with Crippen LogP contribution in [0, 0.1) is 0 Å². The van der Waals surface area contributed by atoms with Gasteiger partial charge in [-0.15, -0.1) is 0 Å². The predicted octanol–water partition coefficient (Wildman–Crippen LogP) is 3.61. The van der Waals surface area contributed by atoms with Crippen molar-refractivity contribution in [2.24, 2.45) is 4.99 Å². The smallest absolute Gasteiger partial charge is 0.262 e. The average molecular weight is 442 g/mol. The Bertz CT molecular complexity index is 1110. The highest BCUT2D eigenvalue weighted by Crippen LogP contribution is 2.36. The third-order valence-corrected chi connectivity index (χ3v) is 7.15. The lowest BCUT2D eigenvalue weighted by Gasteiger charge is -2.25. The second-order valence-corrected chi connectivity index (χ2v) is 9.65. The lowest BCUT2D eigenvalue weighted by atomic mass is 9.81. The quantitative estimate of drug-likeness (QED) is 0.716. The molecule has 0 aromatic heterocycles. The molecule has 1 unspecified atom stereocenters. The Labute approximate surface area is 183 Å². The van der Waals surface area contributed by atoms with Crippen molar-refractivity contribution in [3.05, 3.63) is 53.6 Å². The summed E-state index contributed by atoms with van der Waals surface area (Å²) in [5.74, 6) is 1.33. The molecule has 0 spiro atoms. The minimum Gasteiger partial charge on any atom is -0.497 e. The number of amidine groups is 1. The zero-order chi connectivity index (χ0) is 21.8. The van der Waals surface area contributed by atoms with Crippen LogP contribution in [0.15, 0.2) is 52.4 Å². The van der Waals surface area contributed by atoms with Gasteiger partial charge in [0.1, 0.15) is 11.6 Å². The van der Waals surface area contributed by atoms with Crippen LogP contribution in [0.1, 0.15) is 49.1 Å². The third-order valence-electron chi connectivity index (χ3n) is 5.78. The van der Waals surface area contributed by atoms with Crippen LogP contribution in [0.4, 0.5) is 5.69 Å². The van der Waals surface area contributed by atoms with Gasteiger partial charge in [-0.2, -0.15) is 0 Å². The van der Waals surface area contributed by atoms with Crippen LogP contribution in [0.3, 0.4) is 0 Å². The van der Waals surface area contributed by atoms with Crippen LogP contribution in [-0.2, 0) is 21.2 Å². The van der Waals surface area contributed by atoms with Crippen molar-refractivity contribution in [2.75, 3.05) is 19.0 Å². The van der Waals surface area contributed by atoms with E-state index in [1.165, 1.54) is 23.3 Å². The number of carbonyl (C=O) groups excluding carboxylic acids is 1. The Morgan fingerprint density at radius 2 is 2.03 bits per heavy atom. The Kier molecular flexibility index (Phi) is 6.27. The van der Waals surface area contributed by atoms with Crippen LogP contribution < -0.4 is 14.8 Å². The van der Waals surface area contributed by atoms with Crippen LogP contribution >= 0.6 is 0 Å². The fourth-order valence-corrected chi connectivity index (χ4v) is 5.38. The average Bonchev–Trinajstić information content (AvgIpc) is 3.26. The molecule has 1 heterocycles. The highest BCUT2D eigenvalue weighted by Gasteiger charge is 2.24. The van der Waals surface area contributed by atoms with E-state index in [1.54, 1.807) is 19.2 Å². The zero-order valence-corrected chi connectivity index (χ0v) is 18.4. The fourth-order valence-electron chi connectivity index (χ4n) is 4.24. The van der Waals surface area contributed by atoms with Gasteiger partial charge < -0.3 is 10.1 Å². The molecule has 8 heteroatoms. The minimum atomic E-state index is -3.72. The number of aliphatic imine (C=N–C) groups is 1. The molecule has 2 aromatic carbocycles. The molecule has 4 rings (SSSR count). The third kappa shape index (κ3) is 5.07. The van der Waals surface area contributed by atoms with Crippen LogP contribution in [-0.4, -0.2) is 33.8 Å². The molecule has 1 amide bonds. The molecule has 7 nitrogen and oxygen atoms in total. The summed E-state index contributed by atoms with van der Waals surface area (Å²) >= 11 is 0. The number of anilines is 1. The number of benzene rings is 2. The van der Waals surface area contributed by atoms with Gasteiger partial charge in [-0.05, 0) is 73.1 Å². The summed E-state index contributed by atoms with van der Waals surface area (Å²) in [4.78, 5) is 17.0. The summed E-state index contributed by atoms with van der Waals surface area (Å²) in [5, 5.41) is 2.86. The highest BCUT2D eigenvalue weighted by molar-refractivity contribution is 7.90. The molecule has 0 saturated carbocycles. The van der Waals surface area contributed by atoms with Gasteiger partial charge in [0.15, 0.2) is 0 Å². The number of fused-ring (bicyclic) bond motifs is 1. The zero-order valence-electron chi connectivity index (χ0n) is 17.6. The standard InChI is InChI=1S/C23H27N3O4S/c1-30-19-10-11-21-16(13-19)5-2-6-17(21)14-23(27)25-18-7-3-8-20(15-18)31(28,29)26-22-9-4-12-24-22/h3,7-8,10-11,13,15,17H,2,4-6,9,12,14H2,1H3,(H,24,26)(H,25,27). The first-order valence-corrected chi connectivity index (χ1v) is 12.1. The molecule has 0 bridgehead atoms. The van der Waals surface area contributed by atoms with Crippen molar-refractivity contribution in [1.29, 1.82) is 0 Å². The normalized spacial score (nSPS) is 18.1. The molecule has 164 valence electrons. The van der Waals surface area contributed by atoms with E-state index in [0.29, 0.717) is 30.9 Å². The number of aryl methyl sites for hydroxylation is 1. The molecular weight excluding hydrogens is 414 g/mol. The maximum absolute atomic E-state index is 12.7. The second-order valence-electron chi connectivity index (χ2n) is 7.97. The summed E-state index contributed by atoms with van der Waals surface area (Å²) in [6.45, 7) is 0.644. The van der Waals surface area contributed by atoms with Gasteiger partial charge in [0.2, 0.25) is 5.91 Å². The number of nitrogens with zero attached hydrogens (tertiary/aromatic N) is 1. The van der Waals surface area contributed by atoms with Crippen molar-refractivity contribution in [2.45, 2.75) is 49.3 Å². The summed E-state index contributed by atoms with van der Waals surface area (Å²) in [6, 6.07) is 12.4. The lowest BCUT2D eigenvalue weighted by Crippen LogP contribution is -2.29. The summed E-state index contributed by atoms with van der Waals surface area (Å²) in [5.41, 5.74) is 2.89. The number of ether oxygens (including phenoxy) is 1. The number of hydrogen-bond acceptors (Lipinski definition) is 5. The van der Waals surface area contributed by atoms with Crippen LogP contribution in [0.2, 0.25) is 0 Å².